The first-order chi connectivity index (χ1) is 18.6. The standard InChI is InChI=1S/C19H21BrN4O2.2C2HF3O2/c20-14-11-17-19(21-12-14)23-18(22-17)13-1-3-16(4-2-13)26-10-9-24-7-5-15(25)6-8-24;2*3-2(4,5)1(6)7/h1-4,11-12,15,25H,5-10H2,(H,21,22,23);2*(H,6,7). The van der Waals surface area contributed by atoms with Gasteiger partial charge in [-0.1, -0.05) is 0 Å². The van der Waals surface area contributed by atoms with Crippen molar-refractivity contribution in [2.75, 3.05) is 26.2 Å². The van der Waals surface area contributed by atoms with Crippen molar-refractivity contribution in [3.05, 3.63) is 41.0 Å². The third-order valence-corrected chi connectivity index (χ3v) is 5.58. The number of aliphatic carboxylic acids is 2. The molecule has 17 heteroatoms. The minimum Gasteiger partial charge on any atom is -0.492 e. The van der Waals surface area contributed by atoms with E-state index in [1.54, 1.807) is 6.20 Å². The molecule has 40 heavy (non-hydrogen) atoms. The van der Waals surface area contributed by atoms with E-state index in [1.165, 1.54) is 0 Å². The van der Waals surface area contributed by atoms with E-state index in [4.69, 9.17) is 24.5 Å². The van der Waals surface area contributed by atoms with Gasteiger partial charge in [-0.3, -0.25) is 4.90 Å². The molecule has 10 nitrogen and oxygen atoms in total. The molecule has 4 N–H and O–H groups in total. The van der Waals surface area contributed by atoms with Gasteiger partial charge in [0.25, 0.3) is 0 Å². The summed E-state index contributed by atoms with van der Waals surface area (Å²) >= 11 is 3.41. The van der Waals surface area contributed by atoms with Crippen LogP contribution in [0.25, 0.3) is 22.6 Å². The maximum Gasteiger partial charge on any atom is 0.490 e. The third-order valence-electron chi connectivity index (χ3n) is 5.15. The molecule has 0 atom stereocenters. The summed E-state index contributed by atoms with van der Waals surface area (Å²) < 4.78 is 70.2. The van der Waals surface area contributed by atoms with Crippen molar-refractivity contribution in [1.29, 1.82) is 0 Å². The van der Waals surface area contributed by atoms with Gasteiger partial charge in [-0.15, -0.1) is 0 Å². The Hall–Kier alpha value is -3.44. The molecule has 1 saturated heterocycles. The number of hydrogen-bond acceptors (Lipinski definition) is 7. The minimum atomic E-state index is -5.08. The normalized spacial score (nSPS) is 14.5. The zero-order valence-electron chi connectivity index (χ0n) is 20.3. The number of carbonyl (C=O) groups is 2. The number of pyridine rings is 1. The fourth-order valence-corrected chi connectivity index (χ4v) is 3.47. The fourth-order valence-electron chi connectivity index (χ4n) is 3.15. The van der Waals surface area contributed by atoms with Gasteiger partial charge in [-0.2, -0.15) is 26.3 Å². The summed E-state index contributed by atoms with van der Waals surface area (Å²) in [6, 6.07) is 9.87. The van der Waals surface area contributed by atoms with Crippen LogP contribution in [-0.4, -0.2) is 91.8 Å². The molecule has 0 aliphatic carbocycles. The molecule has 0 amide bonds. The number of ether oxygens (including phenoxy) is 1. The fraction of sp³-hybridized carbons (Fsp3) is 0.391. The van der Waals surface area contributed by atoms with Crippen molar-refractivity contribution in [3.63, 3.8) is 0 Å². The van der Waals surface area contributed by atoms with Crippen molar-refractivity contribution in [2.45, 2.75) is 31.3 Å². The van der Waals surface area contributed by atoms with Crippen LogP contribution in [0.2, 0.25) is 0 Å². The molecule has 0 saturated carbocycles. The van der Waals surface area contributed by atoms with Crippen LogP contribution in [0.15, 0.2) is 41.0 Å². The summed E-state index contributed by atoms with van der Waals surface area (Å²) in [7, 11) is 0. The number of nitrogens with zero attached hydrogens (tertiary/aromatic N) is 3. The van der Waals surface area contributed by atoms with Crippen LogP contribution in [0, 0.1) is 0 Å². The molecule has 0 spiro atoms. The highest BCUT2D eigenvalue weighted by atomic mass is 79.9. The number of piperidine rings is 1. The number of carboxylic acid groups (broad SMARTS) is 2. The van der Waals surface area contributed by atoms with E-state index in [1.807, 2.05) is 30.3 Å². The zero-order chi connectivity index (χ0) is 30.1. The lowest BCUT2D eigenvalue weighted by atomic mass is 10.1. The van der Waals surface area contributed by atoms with Crippen molar-refractivity contribution >= 4 is 39.0 Å². The average molecular weight is 645 g/mol. The lowest BCUT2D eigenvalue weighted by Crippen LogP contribution is -2.38. The number of aromatic nitrogens is 3. The van der Waals surface area contributed by atoms with Crippen LogP contribution in [0.3, 0.4) is 0 Å². The van der Waals surface area contributed by atoms with Crippen LogP contribution in [0.4, 0.5) is 26.3 Å². The van der Waals surface area contributed by atoms with Gasteiger partial charge in [0.2, 0.25) is 0 Å². The highest BCUT2D eigenvalue weighted by Gasteiger charge is 2.38. The average Bonchev–Trinajstić information content (AvgIpc) is 3.28. The van der Waals surface area contributed by atoms with Gasteiger partial charge >= 0.3 is 24.3 Å². The highest BCUT2D eigenvalue weighted by Crippen LogP contribution is 2.23. The number of hydrogen-bond donors (Lipinski definition) is 4. The summed E-state index contributed by atoms with van der Waals surface area (Å²) in [5.74, 6) is -3.87. The summed E-state index contributed by atoms with van der Waals surface area (Å²) in [6.07, 6.45) is -6.83. The summed E-state index contributed by atoms with van der Waals surface area (Å²) in [6.45, 7) is 3.43. The quantitative estimate of drug-likeness (QED) is 0.295. The molecule has 4 rings (SSSR count). The maximum atomic E-state index is 10.6. The van der Waals surface area contributed by atoms with Crippen molar-refractivity contribution in [2.24, 2.45) is 0 Å². The SMILES string of the molecule is O=C(O)C(F)(F)F.O=C(O)C(F)(F)F.OC1CCN(CCOc2ccc(-c3nc4cc(Br)cnc4[nH]3)cc2)CC1. The number of aliphatic hydroxyl groups is 1. The number of carboxylic acids is 2. The van der Waals surface area contributed by atoms with Gasteiger partial charge in [-0.25, -0.2) is 19.6 Å². The summed E-state index contributed by atoms with van der Waals surface area (Å²) in [5.41, 5.74) is 2.60. The second-order valence-corrected chi connectivity index (χ2v) is 9.07. The van der Waals surface area contributed by atoms with Crippen LogP contribution in [0.1, 0.15) is 12.8 Å². The molecular formula is C23H23BrF6N4O6. The van der Waals surface area contributed by atoms with Crippen molar-refractivity contribution < 1.29 is 56.0 Å². The molecule has 1 fully saturated rings. The Balaban J connectivity index is 0.000000333. The molecule has 1 aromatic carbocycles. The van der Waals surface area contributed by atoms with Gasteiger partial charge in [0.05, 0.1) is 6.10 Å². The Morgan fingerprint density at radius 1 is 1.02 bits per heavy atom. The highest BCUT2D eigenvalue weighted by molar-refractivity contribution is 9.10. The number of likely N-dealkylation sites (tertiary alicyclic amines) is 1. The number of aliphatic hydroxyl groups excluding tert-OH is 1. The van der Waals surface area contributed by atoms with E-state index in [2.05, 4.69) is 35.8 Å². The first kappa shape index (κ1) is 32.8. The largest absolute Gasteiger partial charge is 0.492 e. The monoisotopic (exact) mass is 644 g/mol. The van der Waals surface area contributed by atoms with E-state index >= 15 is 0 Å². The Morgan fingerprint density at radius 2 is 1.55 bits per heavy atom. The van der Waals surface area contributed by atoms with Crippen LogP contribution in [-0.2, 0) is 9.59 Å². The third kappa shape index (κ3) is 11.0. The van der Waals surface area contributed by atoms with E-state index in [9.17, 15) is 31.4 Å². The van der Waals surface area contributed by atoms with Gasteiger partial charge in [0.1, 0.15) is 23.7 Å². The Morgan fingerprint density at radius 3 is 2.05 bits per heavy atom. The number of aromatic amines is 1. The molecule has 0 bridgehead atoms. The molecule has 2 aromatic heterocycles. The van der Waals surface area contributed by atoms with Gasteiger partial charge in [-0.05, 0) is 59.1 Å². The summed E-state index contributed by atoms with van der Waals surface area (Å²) in [5, 5.41) is 23.8. The molecule has 1 aliphatic rings. The minimum absolute atomic E-state index is 0.130. The predicted molar refractivity (Wildman–Crippen MR) is 132 cm³/mol. The number of imidazole rings is 1. The van der Waals surface area contributed by atoms with Crippen LogP contribution < -0.4 is 4.74 Å². The topological polar surface area (TPSA) is 149 Å². The smallest absolute Gasteiger partial charge is 0.490 e. The van der Waals surface area contributed by atoms with Crippen molar-refractivity contribution in [3.8, 4) is 17.1 Å². The van der Waals surface area contributed by atoms with E-state index in [0.29, 0.717) is 6.61 Å². The summed E-state index contributed by atoms with van der Waals surface area (Å²) in [4.78, 5) is 32.3. The first-order valence-electron chi connectivity index (χ1n) is 11.3. The lowest BCUT2D eigenvalue weighted by molar-refractivity contribution is -0.193. The lowest BCUT2D eigenvalue weighted by Gasteiger charge is -2.29. The maximum absolute atomic E-state index is 10.6. The molecule has 0 radical (unpaired) electrons. The number of nitrogens with one attached hydrogen (secondary N) is 1. The number of rotatable bonds is 5. The molecule has 3 heterocycles. The van der Waals surface area contributed by atoms with Crippen LogP contribution >= 0.6 is 15.9 Å². The first-order valence-corrected chi connectivity index (χ1v) is 12.1. The van der Waals surface area contributed by atoms with Gasteiger partial charge < -0.3 is 25.0 Å². The molecule has 1 aliphatic heterocycles. The Labute approximate surface area is 230 Å². The Kier molecular flexibility index (Phi) is 11.7. The number of benzene rings is 1. The Bertz CT molecular complexity index is 1240. The second-order valence-electron chi connectivity index (χ2n) is 8.16. The molecular weight excluding hydrogens is 622 g/mol. The predicted octanol–water partition coefficient (Wildman–Crippen LogP) is 4.49. The van der Waals surface area contributed by atoms with Gasteiger partial charge in [0, 0.05) is 35.9 Å². The molecule has 0 unspecified atom stereocenters. The molecule has 3 aromatic rings. The van der Waals surface area contributed by atoms with Crippen LogP contribution in [0.5, 0.6) is 5.75 Å². The molecule has 220 valence electrons. The number of H-pyrrole nitrogens is 1. The van der Waals surface area contributed by atoms with E-state index in [0.717, 1.165) is 65.2 Å². The van der Waals surface area contributed by atoms with Gasteiger partial charge in [0.15, 0.2) is 5.65 Å². The number of alkyl halides is 6. The van der Waals surface area contributed by atoms with E-state index in [-0.39, 0.29) is 6.10 Å². The van der Waals surface area contributed by atoms with Crippen molar-refractivity contribution in [1.82, 2.24) is 19.9 Å². The zero-order valence-corrected chi connectivity index (χ0v) is 21.9. The number of fused-ring (bicyclic) bond motifs is 1. The number of halogens is 7. The van der Waals surface area contributed by atoms with E-state index < -0.39 is 24.3 Å². The second kappa shape index (κ2) is 14.3.